The molecule has 0 aliphatic rings. The summed E-state index contributed by atoms with van der Waals surface area (Å²) in [7, 11) is -4.85. The lowest BCUT2D eigenvalue weighted by Gasteiger charge is -2.29. The Bertz CT molecular complexity index is 1650. The number of allylic oxidation sites excluding steroid dienone is 20. The maximum absolute atomic E-state index is 10.6. The monoisotopic (exact) mass is 917 g/mol. The summed E-state index contributed by atoms with van der Waals surface area (Å²) in [6, 6.07) is 0. The summed E-state index contributed by atoms with van der Waals surface area (Å²) < 4.78 is 14.9. The van der Waals surface area contributed by atoms with Crippen LogP contribution >= 0.6 is 7.82 Å². The van der Waals surface area contributed by atoms with Crippen molar-refractivity contribution in [2.45, 2.75) is 244 Å². The molecule has 1 unspecified atom stereocenters. The second kappa shape index (κ2) is 39.5. The highest BCUT2D eigenvalue weighted by Gasteiger charge is 2.03. The van der Waals surface area contributed by atoms with Crippen molar-refractivity contribution < 1.29 is 18.9 Å². The molecular weight excluding hydrogens is 816 g/mol. The number of hydrogen-bond acceptors (Lipinski definition) is 4. The quantitative estimate of drug-likeness (QED) is 0.0457. The number of hydrogen-bond donors (Lipinski definition) is 0. The Hall–Kier alpha value is -2.49. The standard InChI is InChI=1S/C60H103O4P/c1-49(2)25-14-26-50(3)27-15-28-51(4)29-16-30-52(5)31-17-32-53(6)33-18-34-54(7)35-19-36-55(8)37-20-38-56(9)39-21-40-57(10)41-22-42-58(11)43-23-44-59(12)45-24-46-60(13)47-48-64-65(61,62)63/h27,29,31,33,35,37,39,41,43,45,49,60H,14-26,28,30,32,34,36,38,40,42,44,46-48H2,1-13H3,(H2,61,62,63)/p-2/b50-27+,51-29+,52-31-,53-33-,54-35-,55-37-,56-39-,57-41-,58-43-,59-45-. The van der Waals surface area contributed by atoms with Crippen molar-refractivity contribution in [1.29, 1.82) is 0 Å². The first-order valence-electron chi connectivity index (χ1n) is 26.0. The molecule has 0 amide bonds. The average Bonchev–Trinajstić information content (AvgIpc) is 3.20. The van der Waals surface area contributed by atoms with Crippen molar-refractivity contribution in [3.63, 3.8) is 0 Å². The van der Waals surface area contributed by atoms with Gasteiger partial charge in [0.1, 0.15) is 0 Å². The minimum Gasteiger partial charge on any atom is -0.790 e. The van der Waals surface area contributed by atoms with Crippen molar-refractivity contribution in [3.05, 3.63) is 116 Å². The van der Waals surface area contributed by atoms with Crippen LogP contribution in [0.3, 0.4) is 0 Å². The lowest BCUT2D eigenvalue weighted by molar-refractivity contribution is -0.341. The van der Waals surface area contributed by atoms with E-state index in [1.54, 1.807) is 5.57 Å². The maximum atomic E-state index is 10.6. The van der Waals surface area contributed by atoms with Gasteiger partial charge in [-0.25, -0.2) is 0 Å². The minimum atomic E-state index is -4.85. The zero-order chi connectivity index (χ0) is 48.9. The normalized spacial score (nSPS) is 15.5. The number of phosphoric ester groups is 1. The molecular formula is C60H101O4P-2. The first kappa shape index (κ1) is 62.5. The largest absolute Gasteiger partial charge is 0.790 e. The van der Waals surface area contributed by atoms with Gasteiger partial charge in [-0.1, -0.05) is 144 Å². The lowest BCUT2D eigenvalue weighted by Crippen LogP contribution is -2.17. The van der Waals surface area contributed by atoms with E-state index in [1.165, 1.54) is 95.1 Å². The fourth-order valence-corrected chi connectivity index (χ4v) is 8.18. The Morgan fingerprint density at radius 3 is 0.831 bits per heavy atom. The molecule has 0 saturated carbocycles. The van der Waals surface area contributed by atoms with Crippen LogP contribution in [0, 0.1) is 11.8 Å². The van der Waals surface area contributed by atoms with Crippen molar-refractivity contribution in [2.75, 3.05) is 6.61 Å². The molecule has 0 aliphatic carbocycles. The van der Waals surface area contributed by atoms with Crippen molar-refractivity contribution in [2.24, 2.45) is 11.8 Å². The van der Waals surface area contributed by atoms with E-state index in [1.807, 2.05) is 0 Å². The van der Waals surface area contributed by atoms with E-state index in [9.17, 15) is 14.4 Å². The molecule has 0 radical (unpaired) electrons. The van der Waals surface area contributed by atoms with E-state index in [0.29, 0.717) is 12.3 Å². The zero-order valence-corrected chi connectivity index (χ0v) is 45.6. The summed E-state index contributed by atoms with van der Waals surface area (Å²) in [5, 5.41) is 0. The Morgan fingerprint density at radius 1 is 0.369 bits per heavy atom. The molecule has 1 atom stereocenters. The molecule has 5 heteroatoms. The van der Waals surface area contributed by atoms with Gasteiger partial charge in [0.25, 0.3) is 0 Å². The van der Waals surface area contributed by atoms with Crippen LogP contribution in [0.5, 0.6) is 0 Å². The van der Waals surface area contributed by atoms with Crippen molar-refractivity contribution in [1.82, 2.24) is 0 Å². The van der Waals surface area contributed by atoms with E-state index in [2.05, 4.69) is 155 Å². The third kappa shape index (κ3) is 43.8. The number of phosphoric acid groups is 1. The first-order valence-corrected chi connectivity index (χ1v) is 27.4. The molecule has 0 spiro atoms. The zero-order valence-electron chi connectivity index (χ0n) is 44.7. The maximum Gasteiger partial charge on any atom is 0.0596 e. The minimum absolute atomic E-state index is 0.0180. The van der Waals surface area contributed by atoms with E-state index >= 15 is 0 Å². The van der Waals surface area contributed by atoms with Gasteiger partial charge in [0, 0.05) is 0 Å². The lowest BCUT2D eigenvalue weighted by atomic mass is 10.0. The molecule has 0 aliphatic heterocycles. The Kier molecular flexibility index (Phi) is 38.0. The Morgan fingerprint density at radius 2 is 0.600 bits per heavy atom. The van der Waals surface area contributed by atoms with Crippen molar-refractivity contribution >= 4 is 7.82 Å². The molecule has 0 heterocycles. The van der Waals surface area contributed by atoms with Crippen LogP contribution in [0.15, 0.2) is 116 Å². The molecule has 4 nitrogen and oxygen atoms in total. The third-order valence-electron chi connectivity index (χ3n) is 12.6. The fraction of sp³-hybridized carbons (Fsp3) is 0.667. The molecule has 65 heavy (non-hydrogen) atoms. The second-order valence-corrected chi connectivity index (χ2v) is 21.5. The van der Waals surface area contributed by atoms with Gasteiger partial charge in [0.2, 0.25) is 0 Å². The van der Waals surface area contributed by atoms with E-state index in [0.717, 1.165) is 109 Å². The molecule has 0 saturated heterocycles. The van der Waals surface area contributed by atoms with Crippen molar-refractivity contribution in [3.8, 4) is 0 Å². The smallest absolute Gasteiger partial charge is 0.0596 e. The molecule has 0 aromatic heterocycles. The van der Waals surface area contributed by atoms with Gasteiger partial charge in [-0.2, -0.15) is 0 Å². The predicted molar refractivity (Wildman–Crippen MR) is 286 cm³/mol. The predicted octanol–water partition coefficient (Wildman–Crippen LogP) is 18.9. The van der Waals surface area contributed by atoms with Gasteiger partial charge in [-0.15, -0.1) is 0 Å². The van der Waals surface area contributed by atoms with Crippen LogP contribution in [-0.2, 0) is 9.09 Å². The van der Waals surface area contributed by atoms with E-state index < -0.39 is 7.82 Å². The molecule has 0 aromatic rings. The summed E-state index contributed by atoms with van der Waals surface area (Å²) in [5.41, 5.74) is 15.0. The van der Waals surface area contributed by atoms with E-state index in [-0.39, 0.29) is 6.61 Å². The summed E-state index contributed by atoms with van der Waals surface area (Å²) >= 11 is 0. The Labute approximate surface area is 404 Å². The Balaban J connectivity index is 4.26. The third-order valence-corrected chi connectivity index (χ3v) is 13.1. The molecule has 372 valence electrons. The van der Waals surface area contributed by atoms with Gasteiger partial charge in [0.15, 0.2) is 0 Å². The summed E-state index contributed by atoms with van der Waals surface area (Å²) in [6.45, 7) is 29.5. The SMILES string of the molecule is C/C(=C/CC/C(C)=C\CC/C(C)=C\CC/C(C)=C\CCC(C)CCOP(=O)([O-])[O-])CC/C=C(/C)CC/C=C(/C)CC/C=C(/C)CC/C=C(/C)CC/C=C(\C)CC/C=C(\C)CCCC(C)C. The molecule has 0 fully saturated rings. The van der Waals surface area contributed by atoms with Crippen LogP contribution in [0.2, 0.25) is 0 Å². The topological polar surface area (TPSA) is 72.4 Å². The first-order chi connectivity index (χ1) is 30.7. The molecule has 0 N–H and O–H groups in total. The van der Waals surface area contributed by atoms with Crippen LogP contribution in [0.25, 0.3) is 0 Å². The van der Waals surface area contributed by atoms with Gasteiger partial charge < -0.3 is 18.9 Å². The van der Waals surface area contributed by atoms with E-state index in [4.69, 9.17) is 0 Å². The van der Waals surface area contributed by atoms with Crippen LogP contribution in [0.1, 0.15) is 244 Å². The second-order valence-electron chi connectivity index (χ2n) is 20.4. The number of rotatable bonds is 38. The fourth-order valence-electron chi connectivity index (χ4n) is 7.85. The van der Waals surface area contributed by atoms with Gasteiger partial charge in [0.05, 0.1) is 14.4 Å². The highest BCUT2D eigenvalue weighted by molar-refractivity contribution is 7.43. The van der Waals surface area contributed by atoms with Crippen LogP contribution in [-0.4, -0.2) is 6.61 Å². The summed E-state index contributed by atoms with van der Waals surface area (Å²) in [5.74, 6) is 1.14. The highest BCUT2D eigenvalue weighted by atomic mass is 31.2. The summed E-state index contributed by atoms with van der Waals surface area (Å²) in [6.07, 6.45) is 51.2. The van der Waals surface area contributed by atoms with Crippen LogP contribution in [0.4, 0.5) is 0 Å². The highest BCUT2D eigenvalue weighted by Crippen LogP contribution is 2.26. The van der Waals surface area contributed by atoms with Gasteiger partial charge in [-0.05, 0) is 229 Å². The van der Waals surface area contributed by atoms with Gasteiger partial charge in [-0.3, -0.25) is 0 Å². The molecule has 0 aromatic carbocycles. The van der Waals surface area contributed by atoms with Gasteiger partial charge >= 0.3 is 0 Å². The average molecular weight is 917 g/mol. The summed E-state index contributed by atoms with van der Waals surface area (Å²) in [4.78, 5) is 21.2. The molecule has 0 rings (SSSR count). The van der Waals surface area contributed by atoms with Crippen LogP contribution < -0.4 is 9.79 Å². The molecule has 0 bridgehead atoms.